The van der Waals surface area contributed by atoms with Crippen molar-refractivity contribution in [1.29, 1.82) is 0 Å². The summed E-state index contributed by atoms with van der Waals surface area (Å²) in [6.45, 7) is 3.13. The number of benzene rings is 2. The highest BCUT2D eigenvalue weighted by Gasteiger charge is 2.08. The lowest BCUT2D eigenvalue weighted by atomic mass is 10.2. The van der Waals surface area contributed by atoms with E-state index in [1.165, 1.54) is 5.56 Å². The average Bonchev–Trinajstić information content (AvgIpc) is 2.42. The maximum atomic E-state index is 12.0. The second kappa shape index (κ2) is 6.87. The number of anilines is 1. The number of hydrogen-bond donors (Lipinski definition) is 1. The third-order valence-corrected chi connectivity index (χ3v) is 3.13. The van der Waals surface area contributed by atoms with Crippen LogP contribution in [0.2, 0.25) is 0 Å². The molecule has 0 unspecified atom stereocenters. The zero-order valence-corrected chi connectivity index (χ0v) is 12.0. The molecular formula is C17H20N2O. The molecule has 1 N–H and O–H groups in total. The Morgan fingerprint density at radius 3 is 2.40 bits per heavy atom. The van der Waals surface area contributed by atoms with Gasteiger partial charge in [-0.2, -0.15) is 0 Å². The minimum Gasteiger partial charge on any atom is -0.325 e. The fourth-order valence-electron chi connectivity index (χ4n) is 2.10. The molecule has 0 aliphatic heterocycles. The van der Waals surface area contributed by atoms with Crippen LogP contribution in [-0.2, 0) is 11.3 Å². The number of para-hydroxylation sites is 1. The summed E-state index contributed by atoms with van der Waals surface area (Å²) in [7, 11) is 1.95. The van der Waals surface area contributed by atoms with Crippen LogP contribution >= 0.6 is 0 Å². The van der Waals surface area contributed by atoms with E-state index in [1.807, 2.05) is 61.3 Å². The molecule has 0 aliphatic carbocycles. The first-order valence-electron chi connectivity index (χ1n) is 6.73. The molecule has 0 spiro atoms. The van der Waals surface area contributed by atoms with Crippen molar-refractivity contribution in [3.05, 3.63) is 65.7 Å². The predicted molar refractivity (Wildman–Crippen MR) is 82.6 cm³/mol. The highest BCUT2D eigenvalue weighted by atomic mass is 16.2. The molecule has 0 aliphatic rings. The van der Waals surface area contributed by atoms with Gasteiger partial charge in [0.15, 0.2) is 0 Å². The molecule has 104 valence electrons. The van der Waals surface area contributed by atoms with Gasteiger partial charge in [0, 0.05) is 12.2 Å². The molecule has 0 heterocycles. The Labute approximate surface area is 120 Å². The molecule has 0 fully saturated rings. The van der Waals surface area contributed by atoms with Gasteiger partial charge < -0.3 is 5.32 Å². The van der Waals surface area contributed by atoms with E-state index in [2.05, 4.69) is 17.4 Å². The molecule has 0 aromatic heterocycles. The number of carbonyl (C=O) groups is 1. The summed E-state index contributed by atoms with van der Waals surface area (Å²) in [6, 6.07) is 17.9. The van der Waals surface area contributed by atoms with Crippen LogP contribution in [0.3, 0.4) is 0 Å². The molecule has 0 saturated heterocycles. The Morgan fingerprint density at radius 2 is 1.70 bits per heavy atom. The van der Waals surface area contributed by atoms with E-state index in [4.69, 9.17) is 0 Å². The van der Waals surface area contributed by atoms with E-state index < -0.39 is 0 Å². The van der Waals surface area contributed by atoms with Gasteiger partial charge in [0.25, 0.3) is 0 Å². The average molecular weight is 268 g/mol. The van der Waals surface area contributed by atoms with Crippen molar-refractivity contribution in [3.63, 3.8) is 0 Å². The highest BCUT2D eigenvalue weighted by molar-refractivity contribution is 5.92. The molecule has 1 amide bonds. The lowest BCUT2D eigenvalue weighted by Crippen LogP contribution is -2.30. The number of nitrogens with one attached hydrogen (secondary N) is 1. The van der Waals surface area contributed by atoms with Crippen LogP contribution in [0.1, 0.15) is 11.1 Å². The van der Waals surface area contributed by atoms with Crippen molar-refractivity contribution in [3.8, 4) is 0 Å². The number of nitrogens with zero attached hydrogens (tertiary/aromatic N) is 1. The molecule has 2 aromatic carbocycles. The van der Waals surface area contributed by atoms with Crippen molar-refractivity contribution < 1.29 is 4.79 Å². The van der Waals surface area contributed by atoms with Crippen LogP contribution < -0.4 is 5.32 Å². The van der Waals surface area contributed by atoms with Gasteiger partial charge in [-0.3, -0.25) is 9.69 Å². The number of rotatable bonds is 5. The van der Waals surface area contributed by atoms with E-state index >= 15 is 0 Å². The maximum Gasteiger partial charge on any atom is 0.238 e. The van der Waals surface area contributed by atoms with Gasteiger partial charge in [0.2, 0.25) is 5.91 Å². The van der Waals surface area contributed by atoms with Gasteiger partial charge in [-0.15, -0.1) is 0 Å². The van der Waals surface area contributed by atoms with Gasteiger partial charge in [-0.25, -0.2) is 0 Å². The van der Waals surface area contributed by atoms with Crippen molar-refractivity contribution >= 4 is 11.6 Å². The van der Waals surface area contributed by atoms with Gasteiger partial charge in [-0.05, 0) is 31.2 Å². The quantitative estimate of drug-likeness (QED) is 0.904. The maximum absolute atomic E-state index is 12.0. The van der Waals surface area contributed by atoms with Crippen LogP contribution in [0.15, 0.2) is 54.6 Å². The number of hydrogen-bond acceptors (Lipinski definition) is 2. The SMILES string of the molecule is Cc1ccccc1NC(=O)CN(C)Cc1ccccc1. The van der Waals surface area contributed by atoms with Gasteiger partial charge in [-0.1, -0.05) is 48.5 Å². The molecule has 0 saturated carbocycles. The Kier molecular flexibility index (Phi) is 4.91. The molecule has 0 bridgehead atoms. The molecule has 0 radical (unpaired) electrons. The fourth-order valence-corrected chi connectivity index (χ4v) is 2.10. The molecule has 2 rings (SSSR count). The minimum absolute atomic E-state index is 0.0118. The smallest absolute Gasteiger partial charge is 0.238 e. The topological polar surface area (TPSA) is 32.3 Å². The monoisotopic (exact) mass is 268 g/mol. The van der Waals surface area contributed by atoms with Gasteiger partial charge in [0.05, 0.1) is 6.54 Å². The zero-order valence-electron chi connectivity index (χ0n) is 12.0. The van der Waals surface area contributed by atoms with Crippen LogP contribution in [-0.4, -0.2) is 24.4 Å². The van der Waals surface area contributed by atoms with E-state index in [0.717, 1.165) is 17.8 Å². The van der Waals surface area contributed by atoms with Crippen molar-refractivity contribution in [2.24, 2.45) is 0 Å². The fraction of sp³-hybridized carbons (Fsp3) is 0.235. The highest BCUT2D eigenvalue weighted by Crippen LogP contribution is 2.13. The van der Waals surface area contributed by atoms with Crippen LogP contribution in [0.5, 0.6) is 0 Å². The number of amides is 1. The summed E-state index contributed by atoms with van der Waals surface area (Å²) in [5.41, 5.74) is 3.16. The number of carbonyl (C=O) groups excluding carboxylic acids is 1. The van der Waals surface area contributed by atoms with Gasteiger partial charge in [0.1, 0.15) is 0 Å². The molecule has 0 atom stereocenters. The number of aryl methyl sites for hydroxylation is 1. The van der Waals surface area contributed by atoms with Crippen molar-refractivity contribution in [2.75, 3.05) is 18.9 Å². The summed E-state index contributed by atoms with van der Waals surface area (Å²) in [4.78, 5) is 14.0. The lowest BCUT2D eigenvalue weighted by Gasteiger charge is -2.16. The second-order valence-electron chi connectivity index (χ2n) is 5.02. The van der Waals surface area contributed by atoms with E-state index in [1.54, 1.807) is 0 Å². The first kappa shape index (κ1) is 14.3. The van der Waals surface area contributed by atoms with E-state index in [0.29, 0.717) is 6.54 Å². The van der Waals surface area contributed by atoms with Crippen LogP contribution in [0.25, 0.3) is 0 Å². The van der Waals surface area contributed by atoms with Gasteiger partial charge >= 0.3 is 0 Å². The van der Waals surface area contributed by atoms with E-state index in [-0.39, 0.29) is 5.91 Å². The zero-order chi connectivity index (χ0) is 14.4. The molecular weight excluding hydrogens is 248 g/mol. The standard InChI is InChI=1S/C17H20N2O/c1-14-8-6-7-11-16(14)18-17(20)13-19(2)12-15-9-4-3-5-10-15/h3-11H,12-13H2,1-2H3,(H,18,20). The first-order valence-corrected chi connectivity index (χ1v) is 6.73. The molecule has 20 heavy (non-hydrogen) atoms. The molecule has 3 heteroatoms. The molecule has 2 aromatic rings. The number of likely N-dealkylation sites (N-methyl/N-ethyl adjacent to an activating group) is 1. The van der Waals surface area contributed by atoms with Crippen molar-refractivity contribution in [1.82, 2.24) is 4.90 Å². The Hall–Kier alpha value is -2.13. The summed E-state index contributed by atoms with van der Waals surface area (Å²) < 4.78 is 0. The molecule has 3 nitrogen and oxygen atoms in total. The minimum atomic E-state index is 0.0118. The first-order chi connectivity index (χ1) is 9.65. The van der Waals surface area contributed by atoms with Crippen LogP contribution in [0.4, 0.5) is 5.69 Å². The van der Waals surface area contributed by atoms with E-state index in [9.17, 15) is 4.79 Å². The Bertz CT molecular complexity index is 566. The normalized spacial score (nSPS) is 10.6. The summed E-state index contributed by atoms with van der Waals surface area (Å²) in [5, 5.41) is 2.95. The third kappa shape index (κ3) is 4.21. The second-order valence-corrected chi connectivity index (χ2v) is 5.02. The Morgan fingerprint density at radius 1 is 1.05 bits per heavy atom. The summed E-state index contributed by atoms with van der Waals surface area (Å²) in [5.74, 6) is 0.0118. The third-order valence-electron chi connectivity index (χ3n) is 3.13. The lowest BCUT2D eigenvalue weighted by molar-refractivity contribution is -0.117. The largest absolute Gasteiger partial charge is 0.325 e. The summed E-state index contributed by atoms with van der Waals surface area (Å²) >= 11 is 0. The van der Waals surface area contributed by atoms with Crippen molar-refractivity contribution in [2.45, 2.75) is 13.5 Å². The predicted octanol–water partition coefficient (Wildman–Crippen LogP) is 3.07. The van der Waals surface area contributed by atoms with Crippen LogP contribution in [0, 0.1) is 6.92 Å². The Balaban J connectivity index is 1.87. The summed E-state index contributed by atoms with van der Waals surface area (Å²) in [6.07, 6.45) is 0.